The van der Waals surface area contributed by atoms with Gasteiger partial charge in [0.25, 0.3) is 0 Å². The Bertz CT molecular complexity index is 549. The van der Waals surface area contributed by atoms with Gasteiger partial charge in [-0.3, -0.25) is 0 Å². The average Bonchev–Trinajstić information content (AvgIpc) is 2.43. The molecule has 0 fully saturated rings. The maximum atomic E-state index is 6.01. The van der Waals surface area contributed by atoms with Gasteiger partial charge in [-0.2, -0.15) is 0 Å². The molecule has 0 unspecified atom stereocenters. The molecule has 0 aliphatic carbocycles. The second-order valence-electron chi connectivity index (χ2n) is 4.76. The van der Waals surface area contributed by atoms with Gasteiger partial charge in [-0.1, -0.05) is 17.7 Å². The molecule has 2 aromatic rings. The Hall–Kier alpha value is -2.16. The van der Waals surface area contributed by atoms with Crippen molar-refractivity contribution in [1.29, 1.82) is 0 Å². The van der Waals surface area contributed by atoms with Gasteiger partial charge in [0.15, 0.2) is 0 Å². The van der Waals surface area contributed by atoms with Crippen molar-refractivity contribution in [3.8, 4) is 5.75 Å². The van der Waals surface area contributed by atoms with Gasteiger partial charge < -0.3 is 15.4 Å². The van der Waals surface area contributed by atoms with E-state index in [2.05, 4.69) is 24.9 Å². The number of aryl methyl sites for hydroxylation is 1. The molecule has 0 amide bonds. The third-order valence-electron chi connectivity index (χ3n) is 3.22. The smallest absolute Gasteiger partial charge is 0.119 e. The minimum absolute atomic E-state index is 0.792. The fourth-order valence-electron chi connectivity index (χ4n) is 2.05. The minimum Gasteiger partial charge on any atom is -0.497 e. The predicted molar refractivity (Wildman–Crippen MR) is 80.7 cm³/mol. The van der Waals surface area contributed by atoms with Crippen LogP contribution in [0, 0.1) is 6.92 Å². The molecule has 0 saturated carbocycles. The first-order chi connectivity index (χ1) is 9.10. The van der Waals surface area contributed by atoms with Crippen LogP contribution in [-0.2, 0) is 6.54 Å². The summed E-state index contributed by atoms with van der Waals surface area (Å²) in [4.78, 5) is 2.17. The summed E-state index contributed by atoms with van der Waals surface area (Å²) in [6, 6.07) is 14.2. The van der Waals surface area contributed by atoms with Crippen LogP contribution in [0.25, 0.3) is 0 Å². The van der Waals surface area contributed by atoms with Crippen LogP contribution in [-0.4, -0.2) is 14.2 Å². The largest absolute Gasteiger partial charge is 0.497 e. The lowest BCUT2D eigenvalue weighted by molar-refractivity contribution is 0.415. The number of ether oxygens (including phenoxy) is 1. The Kier molecular flexibility index (Phi) is 3.95. The van der Waals surface area contributed by atoms with Gasteiger partial charge in [0.1, 0.15) is 5.75 Å². The first-order valence-electron chi connectivity index (χ1n) is 6.30. The number of hydrogen-bond acceptors (Lipinski definition) is 3. The van der Waals surface area contributed by atoms with Crippen molar-refractivity contribution in [2.45, 2.75) is 13.5 Å². The first-order valence-corrected chi connectivity index (χ1v) is 6.30. The fourth-order valence-corrected chi connectivity index (χ4v) is 2.05. The first kappa shape index (κ1) is 13.3. The number of hydrogen-bond donors (Lipinski definition) is 1. The fraction of sp³-hybridized carbons (Fsp3) is 0.250. The topological polar surface area (TPSA) is 38.5 Å². The summed E-state index contributed by atoms with van der Waals surface area (Å²) in [7, 11) is 3.73. The van der Waals surface area contributed by atoms with E-state index in [4.69, 9.17) is 10.5 Å². The molecule has 0 radical (unpaired) electrons. The third-order valence-corrected chi connectivity index (χ3v) is 3.22. The maximum absolute atomic E-state index is 6.01. The van der Waals surface area contributed by atoms with Crippen LogP contribution in [0.2, 0.25) is 0 Å². The van der Waals surface area contributed by atoms with E-state index in [9.17, 15) is 0 Å². The van der Waals surface area contributed by atoms with E-state index in [1.807, 2.05) is 36.4 Å². The van der Waals surface area contributed by atoms with Crippen molar-refractivity contribution < 1.29 is 4.74 Å². The Morgan fingerprint density at radius 3 is 2.42 bits per heavy atom. The molecule has 100 valence electrons. The SMILES string of the molecule is COc1ccc(N(C)Cc2cc(C)ccc2N)cc1. The molecule has 2 N–H and O–H groups in total. The quantitative estimate of drug-likeness (QED) is 0.854. The van der Waals surface area contributed by atoms with Crippen molar-refractivity contribution in [2.75, 3.05) is 24.8 Å². The lowest BCUT2D eigenvalue weighted by Crippen LogP contribution is -2.17. The summed E-state index contributed by atoms with van der Waals surface area (Å²) in [5, 5.41) is 0. The number of rotatable bonds is 4. The average molecular weight is 256 g/mol. The standard InChI is InChI=1S/C16H20N2O/c1-12-4-9-16(17)13(10-12)11-18(2)14-5-7-15(19-3)8-6-14/h4-10H,11,17H2,1-3H3. The molecule has 0 bridgehead atoms. The van der Waals surface area contributed by atoms with E-state index >= 15 is 0 Å². The number of methoxy groups -OCH3 is 1. The number of anilines is 2. The molecule has 0 aliphatic heterocycles. The van der Waals surface area contributed by atoms with Crippen LogP contribution < -0.4 is 15.4 Å². The van der Waals surface area contributed by atoms with Gasteiger partial charge in [0.05, 0.1) is 7.11 Å². The highest BCUT2D eigenvalue weighted by Gasteiger charge is 2.05. The zero-order valence-corrected chi connectivity index (χ0v) is 11.7. The summed E-state index contributed by atoms with van der Waals surface area (Å²) in [5.41, 5.74) is 10.4. The molecular formula is C16H20N2O. The monoisotopic (exact) mass is 256 g/mol. The third kappa shape index (κ3) is 3.19. The molecule has 0 aromatic heterocycles. The molecule has 0 saturated heterocycles. The molecule has 2 rings (SSSR count). The highest BCUT2D eigenvalue weighted by Crippen LogP contribution is 2.22. The van der Waals surface area contributed by atoms with E-state index in [1.165, 1.54) is 5.56 Å². The van der Waals surface area contributed by atoms with Crippen LogP contribution in [0.15, 0.2) is 42.5 Å². The summed E-state index contributed by atoms with van der Waals surface area (Å²) < 4.78 is 5.16. The lowest BCUT2D eigenvalue weighted by Gasteiger charge is -2.21. The Balaban J connectivity index is 2.15. The van der Waals surface area contributed by atoms with Crippen LogP contribution in [0.5, 0.6) is 5.75 Å². The van der Waals surface area contributed by atoms with Gasteiger partial charge in [0.2, 0.25) is 0 Å². The molecule has 0 aliphatic rings. The molecule has 3 heteroatoms. The van der Waals surface area contributed by atoms with E-state index < -0.39 is 0 Å². The van der Waals surface area contributed by atoms with Crippen molar-refractivity contribution in [3.63, 3.8) is 0 Å². The second-order valence-corrected chi connectivity index (χ2v) is 4.76. The summed E-state index contributed by atoms with van der Waals surface area (Å²) in [5.74, 6) is 0.868. The van der Waals surface area contributed by atoms with Crippen LogP contribution >= 0.6 is 0 Å². The minimum atomic E-state index is 0.792. The van der Waals surface area contributed by atoms with E-state index in [0.717, 1.165) is 29.2 Å². The maximum Gasteiger partial charge on any atom is 0.119 e. The molecule has 0 atom stereocenters. The Morgan fingerprint density at radius 1 is 1.11 bits per heavy atom. The number of benzene rings is 2. The molecule has 19 heavy (non-hydrogen) atoms. The van der Waals surface area contributed by atoms with Crippen molar-refractivity contribution in [2.24, 2.45) is 0 Å². The number of nitrogens with two attached hydrogens (primary N) is 1. The van der Waals surface area contributed by atoms with Crippen LogP contribution in [0.4, 0.5) is 11.4 Å². The summed E-state index contributed by atoms with van der Waals surface area (Å²) in [6.07, 6.45) is 0. The Labute approximate surface area is 114 Å². The number of nitrogens with zero attached hydrogens (tertiary/aromatic N) is 1. The lowest BCUT2D eigenvalue weighted by atomic mass is 10.1. The van der Waals surface area contributed by atoms with E-state index in [0.29, 0.717) is 0 Å². The normalized spacial score (nSPS) is 10.3. The molecule has 0 heterocycles. The van der Waals surface area contributed by atoms with Crippen LogP contribution in [0.1, 0.15) is 11.1 Å². The van der Waals surface area contributed by atoms with Gasteiger partial charge in [-0.15, -0.1) is 0 Å². The number of nitrogen functional groups attached to an aromatic ring is 1. The van der Waals surface area contributed by atoms with Crippen LogP contribution in [0.3, 0.4) is 0 Å². The second kappa shape index (κ2) is 5.65. The Morgan fingerprint density at radius 2 is 1.79 bits per heavy atom. The molecule has 2 aromatic carbocycles. The molecule has 3 nitrogen and oxygen atoms in total. The summed E-state index contributed by atoms with van der Waals surface area (Å²) >= 11 is 0. The van der Waals surface area contributed by atoms with Gasteiger partial charge in [0, 0.05) is 25.0 Å². The van der Waals surface area contributed by atoms with Gasteiger partial charge >= 0.3 is 0 Å². The van der Waals surface area contributed by atoms with Gasteiger partial charge in [-0.25, -0.2) is 0 Å². The van der Waals surface area contributed by atoms with E-state index in [-0.39, 0.29) is 0 Å². The van der Waals surface area contributed by atoms with E-state index in [1.54, 1.807) is 7.11 Å². The molecular weight excluding hydrogens is 236 g/mol. The van der Waals surface area contributed by atoms with Crippen molar-refractivity contribution in [3.05, 3.63) is 53.6 Å². The van der Waals surface area contributed by atoms with Gasteiger partial charge in [-0.05, 0) is 42.8 Å². The molecule has 0 spiro atoms. The summed E-state index contributed by atoms with van der Waals surface area (Å²) in [6.45, 7) is 2.87. The highest BCUT2D eigenvalue weighted by atomic mass is 16.5. The van der Waals surface area contributed by atoms with Crippen molar-refractivity contribution >= 4 is 11.4 Å². The van der Waals surface area contributed by atoms with Crippen molar-refractivity contribution in [1.82, 2.24) is 0 Å². The zero-order chi connectivity index (χ0) is 13.8. The highest BCUT2D eigenvalue weighted by molar-refractivity contribution is 5.53. The zero-order valence-electron chi connectivity index (χ0n) is 11.7. The predicted octanol–water partition coefficient (Wildman–Crippen LogP) is 3.22.